The predicted octanol–water partition coefficient (Wildman–Crippen LogP) is 3.51. The second-order valence-corrected chi connectivity index (χ2v) is 5.74. The van der Waals surface area contributed by atoms with Gasteiger partial charge < -0.3 is 10.5 Å². The van der Waals surface area contributed by atoms with Crippen molar-refractivity contribution in [2.75, 3.05) is 12.3 Å². The molecule has 4 nitrogen and oxygen atoms in total. The van der Waals surface area contributed by atoms with Crippen LogP contribution in [0.25, 0.3) is 0 Å². The maximum Gasteiger partial charge on any atom is 0.174 e. The Kier molecular flexibility index (Phi) is 4.42. The number of hydrogen-bond donors (Lipinski definition) is 1. The predicted molar refractivity (Wildman–Crippen MR) is 88.8 cm³/mol. The fraction of sp³-hybridized carbons (Fsp3) is 0.263. The van der Waals surface area contributed by atoms with Crippen LogP contribution in [0.5, 0.6) is 5.75 Å². The number of hydrogen-bond acceptors (Lipinski definition) is 4. The van der Waals surface area contributed by atoms with E-state index in [-0.39, 0.29) is 11.6 Å². The zero-order chi connectivity index (χ0) is 16.2. The number of benzene rings is 2. The van der Waals surface area contributed by atoms with Crippen LogP contribution in [0.3, 0.4) is 0 Å². The maximum atomic E-state index is 12.3. The summed E-state index contributed by atoms with van der Waals surface area (Å²) in [5.74, 6) is 0.193. The van der Waals surface area contributed by atoms with Crippen LogP contribution in [0, 0.1) is 5.92 Å². The fourth-order valence-electron chi connectivity index (χ4n) is 2.87. The van der Waals surface area contributed by atoms with E-state index in [9.17, 15) is 9.59 Å². The number of nitrogen functional groups attached to an aromatic ring is 1. The zero-order valence-electron chi connectivity index (χ0n) is 12.8. The van der Waals surface area contributed by atoms with Gasteiger partial charge in [-0.05, 0) is 43.5 Å². The molecule has 0 amide bonds. The van der Waals surface area contributed by atoms with Crippen LogP contribution in [0.15, 0.2) is 48.5 Å². The van der Waals surface area contributed by atoms with E-state index in [1.807, 2.05) is 12.1 Å². The quantitative estimate of drug-likeness (QED) is 0.503. The highest BCUT2D eigenvalue weighted by atomic mass is 16.5. The SMILES string of the molecule is Nc1ccc(OCCCCC2C(=O)c3ccccc3C2=O)cc1. The fourth-order valence-corrected chi connectivity index (χ4v) is 2.87. The summed E-state index contributed by atoms with van der Waals surface area (Å²) in [6, 6.07) is 14.3. The van der Waals surface area contributed by atoms with Gasteiger partial charge in [-0.2, -0.15) is 0 Å². The van der Waals surface area contributed by atoms with Crippen molar-refractivity contribution in [2.45, 2.75) is 19.3 Å². The summed E-state index contributed by atoms with van der Waals surface area (Å²) in [4.78, 5) is 24.5. The smallest absolute Gasteiger partial charge is 0.174 e. The lowest BCUT2D eigenvalue weighted by atomic mass is 9.97. The van der Waals surface area contributed by atoms with Crippen LogP contribution < -0.4 is 10.5 Å². The third-order valence-corrected chi connectivity index (χ3v) is 4.13. The Morgan fingerprint density at radius 3 is 2.09 bits per heavy atom. The van der Waals surface area contributed by atoms with Crippen molar-refractivity contribution in [1.82, 2.24) is 0 Å². The Morgan fingerprint density at radius 1 is 0.870 bits per heavy atom. The maximum absolute atomic E-state index is 12.3. The molecule has 0 saturated carbocycles. The second-order valence-electron chi connectivity index (χ2n) is 5.74. The molecular formula is C19H19NO3. The summed E-state index contributed by atoms with van der Waals surface area (Å²) >= 11 is 0. The van der Waals surface area contributed by atoms with Gasteiger partial charge in [0.2, 0.25) is 0 Å². The Hall–Kier alpha value is -2.62. The largest absolute Gasteiger partial charge is 0.494 e. The average molecular weight is 309 g/mol. The molecule has 0 bridgehead atoms. The van der Waals surface area contributed by atoms with Crippen molar-refractivity contribution < 1.29 is 14.3 Å². The number of nitrogens with two attached hydrogens (primary N) is 1. The van der Waals surface area contributed by atoms with Crippen molar-refractivity contribution in [3.8, 4) is 5.75 Å². The molecule has 0 unspecified atom stereocenters. The second kappa shape index (κ2) is 6.65. The third-order valence-electron chi connectivity index (χ3n) is 4.13. The van der Waals surface area contributed by atoms with E-state index in [0.29, 0.717) is 29.8 Å². The number of ketones is 2. The third kappa shape index (κ3) is 3.26. The van der Waals surface area contributed by atoms with E-state index in [2.05, 4.69) is 0 Å². The number of unbranched alkanes of at least 4 members (excludes halogenated alkanes) is 1. The summed E-state index contributed by atoms with van der Waals surface area (Å²) in [6.45, 7) is 0.561. The van der Waals surface area contributed by atoms with Gasteiger partial charge in [0.25, 0.3) is 0 Å². The van der Waals surface area contributed by atoms with Crippen molar-refractivity contribution in [1.29, 1.82) is 0 Å². The van der Waals surface area contributed by atoms with Gasteiger partial charge in [0, 0.05) is 16.8 Å². The number of Topliss-reactive ketones (excluding diaryl/α,β-unsaturated/α-hetero) is 2. The average Bonchev–Trinajstić information content (AvgIpc) is 2.81. The topological polar surface area (TPSA) is 69.4 Å². The minimum absolute atomic E-state index is 0.0370. The molecule has 2 aromatic carbocycles. The molecule has 1 aliphatic carbocycles. The van der Waals surface area contributed by atoms with Gasteiger partial charge in [-0.15, -0.1) is 0 Å². The van der Waals surface area contributed by atoms with E-state index >= 15 is 0 Å². The summed E-state index contributed by atoms with van der Waals surface area (Å²) < 4.78 is 5.62. The number of fused-ring (bicyclic) bond motifs is 1. The van der Waals surface area contributed by atoms with Crippen LogP contribution in [0.1, 0.15) is 40.0 Å². The molecule has 3 rings (SSSR count). The number of ether oxygens (including phenoxy) is 1. The van der Waals surface area contributed by atoms with Gasteiger partial charge in [0.15, 0.2) is 11.6 Å². The molecule has 0 heterocycles. The zero-order valence-corrected chi connectivity index (χ0v) is 12.8. The first kappa shape index (κ1) is 15.3. The molecule has 0 aliphatic heterocycles. The Labute approximate surface area is 135 Å². The number of rotatable bonds is 6. The first-order valence-electron chi connectivity index (χ1n) is 7.82. The minimum atomic E-state index is -0.510. The van der Waals surface area contributed by atoms with Gasteiger partial charge in [-0.1, -0.05) is 24.3 Å². The number of anilines is 1. The monoisotopic (exact) mass is 309 g/mol. The van der Waals surface area contributed by atoms with E-state index in [1.165, 1.54) is 0 Å². The molecule has 0 saturated heterocycles. The Bertz CT molecular complexity index is 687. The van der Waals surface area contributed by atoms with Gasteiger partial charge in [0.1, 0.15) is 5.75 Å². The van der Waals surface area contributed by atoms with Crippen LogP contribution in [-0.2, 0) is 0 Å². The standard InChI is InChI=1S/C19H19NO3/c20-13-8-10-14(11-9-13)23-12-4-3-7-17-18(21)15-5-1-2-6-16(15)19(17)22/h1-2,5-6,8-11,17H,3-4,7,12,20H2. The molecule has 2 aromatic rings. The normalized spacial score (nSPS) is 14.1. The van der Waals surface area contributed by atoms with Gasteiger partial charge in [0.05, 0.1) is 12.5 Å². The molecular weight excluding hydrogens is 290 g/mol. The molecule has 1 aliphatic rings. The molecule has 0 fully saturated rings. The highest BCUT2D eigenvalue weighted by molar-refractivity contribution is 6.26. The molecule has 23 heavy (non-hydrogen) atoms. The lowest BCUT2D eigenvalue weighted by molar-refractivity contribution is 0.0827. The van der Waals surface area contributed by atoms with E-state index in [1.54, 1.807) is 36.4 Å². The number of carbonyl (C=O) groups excluding carboxylic acids is 2. The van der Waals surface area contributed by atoms with E-state index in [0.717, 1.165) is 18.6 Å². The Balaban J connectivity index is 1.46. The van der Waals surface area contributed by atoms with Crippen LogP contribution in [0.4, 0.5) is 5.69 Å². The van der Waals surface area contributed by atoms with E-state index in [4.69, 9.17) is 10.5 Å². The summed E-state index contributed by atoms with van der Waals surface area (Å²) in [6.07, 6.45) is 2.17. The highest BCUT2D eigenvalue weighted by Gasteiger charge is 2.37. The molecule has 0 spiro atoms. The summed E-state index contributed by atoms with van der Waals surface area (Å²) in [5.41, 5.74) is 7.46. The Morgan fingerprint density at radius 2 is 1.48 bits per heavy atom. The summed E-state index contributed by atoms with van der Waals surface area (Å²) in [7, 11) is 0. The van der Waals surface area contributed by atoms with Crippen molar-refractivity contribution >= 4 is 17.3 Å². The lowest BCUT2D eigenvalue weighted by Crippen LogP contribution is -2.15. The van der Waals surface area contributed by atoms with E-state index < -0.39 is 5.92 Å². The van der Waals surface area contributed by atoms with Crippen LogP contribution in [-0.4, -0.2) is 18.2 Å². The first-order chi connectivity index (χ1) is 11.2. The molecule has 0 radical (unpaired) electrons. The molecule has 4 heteroatoms. The molecule has 0 atom stereocenters. The lowest BCUT2D eigenvalue weighted by Gasteiger charge is -2.08. The molecule has 118 valence electrons. The van der Waals surface area contributed by atoms with Crippen LogP contribution in [0.2, 0.25) is 0 Å². The van der Waals surface area contributed by atoms with Crippen molar-refractivity contribution in [2.24, 2.45) is 5.92 Å². The van der Waals surface area contributed by atoms with Crippen molar-refractivity contribution in [3.05, 3.63) is 59.7 Å². The van der Waals surface area contributed by atoms with Gasteiger partial charge >= 0.3 is 0 Å². The van der Waals surface area contributed by atoms with Crippen LogP contribution >= 0.6 is 0 Å². The summed E-state index contributed by atoms with van der Waals surface area (Å²) in [5, 5.41) is 0. The number of carbonyl (C=O) groups is 2. The first-order valence-corrected chi connectivity index (χ1v) is 7.82. The molecule has 0 aromatic heterocycles. The minimum Gasteiger partial charge on any atom is -0.494 e. The van der Waals surface area contributed by atoms with Gasteiger partial charge in [-0.3, -0.25) is 9.59 Å². The van der Waals surface area contributed by atoms with Gasteiger partial charge in [-0.25, -0.2) is 0 Å². The molecule has 2 N–H and O–H groups in total. The van der Waals surface area contributed by atoms with Crippen molar-refractivity contribution in [3.63, 3.8) is 0 Å². The highest BCUT2D eigenvalue weighted by Crippen LogP contribution is 2.29.